The highest BCUT2D eigenvalue weighted by atomic mass is 32.2. The van der Waals surface area contributed by atoms with Crippen molar-refractivity contribution < 1.29 is 13.6 Å². The maximum Gasteiger partial charge on any atom is 0.219 e. The number of imidazole rings is 1. The Morgan fingerprint density at radius 2 is 1.96 bits per heavy atom. The molecule has 0 saturated carbocycles. The topological polar surface area (TPSA) is 75.4 Å². The standard InChI is InChI=1S/C19H27N3O3S/c1-13(23)21-9-7-14(8-10-21)12-22-17-6-5-15(26(24)25)11-16(17)20-18(22)19(2,3)4/h5-6,11,14H,7-10,12H2,1-4H3,(H,24,25). The van der Waals surface area contributed by atoms with Crippen LogP contribution in [0.5, 0.6) is 0 Å². The quantitative estimate of drug-likeness (QED) is 0.834. The van der Waals surface area contributed by atoms with Crippen molar-refractivity contribution in [3.8, 4) is 0 Å². The average Bonchev–Trinajstić information content (AvgIpc) is 2.93. The number of nitrogens with zero attached hydrogens (tertiary/aromatic N) is 3. The third-order valence-corrected chi connectivity index (χ3v) is 5.75. The molecule has 26 heavy (non-hydrogen) atoms. The number of benzene rings is 1. The molecule has 1 aromatic heterocycles. The van der Waals surface area contributed by atoms with Crippen LogP contribution in [0.25, 0.3) is 11.0 Å². The second-order valence-electron chi connectivity index (χ2n) is 8.15. The Morgan fingerprint density at radius 1 is 1.31 bits per heavy atom. The molecule has 1 aliphatic rings. The van der Waals surface area contributed by atoms with Crippen LogP contribution in [0, 0.1) is 5.92 Å². The molecule has 1 fully saturated rings. The Morgan fingerprint density at radius 3 is 2.50 bits per heavy atom. The van der Waals surface area contributed by atoms with E-state index in [4.69, 9.17) is 4.98 Å². The van der Waals surface area contributed by atoms with Gasteiger partial charge in [0.1, 0.15) is 5.82 Å². The first-order valence-electron chi connectivity index (χ1n) is 9.04. The van der Waals surface area contributed by atoms with Gasteiger partial charge in [0, 0.05) is 32.0 Å². The van der Waals surface area contributed by atoms with E-state index in [9.17, 15) is 13.6 Å². The van der Waals surface area contributed by atoms with Crippen molar-refractivity contribution in [1.82, 2.24) is 14.5 Å². The van der Waals surface area contributed by atoms with Crippen molar-refractivity contribution in [3.05, 3.63) is 24.0 Å². The van der Waals surface area contributed by atoms with Gasteiger partial charge in [-0.1, -0.05) is 20.8 Å². The maximum absolute atomic E-state index is 11.5. The van der Waals surface area contributed by atoms with Crippen molar-refractivity contribution in [2.45, 2.75) is 57.4 Å². The van der Waals surface area contributed by atoms with Crippen LogP contribution in [0.2, 0.25) is 0 Å². The molecule has 1 unspecified atom stereocenters. The van der Waals surface area contributed by atoms with Crippen LogP contribution < -0.4 is 0 Å². The highest BCUT2D eigenvalue weighted by Crippen LogP contribution is 2.30. The Labute approximate surface area is 156 Å². The van der Waals surface area contributed by atoms with Gasteiger partial charge >= 0.3 is 0 Å². The van der Waals surface area contributed by atoms with E-state index in [2.05, 4.69) is 25.3 Å². The summed E-state index contributed by atoms with van der Waals surface area (Å²) in [6, 6.07) is 5.29. The Bertz CT molecular complexity index is 846. The Balaban J connectivity index is 1.93. The van der Waals surface area contributed by atoms with E-state index in [0.717, 1.165) is 49.3 Å². The third-order valence-electron chi connectivity index (χ3n) is 5.09. The summed E-state index contributed by atoms with van der Waals surface area (Å²) in [5, 5.41) is 0. The van der Waals surface area contributed by atoms with Gasteiger partial charge in [0.05, 0.1) is 15.9 Å². The fourth-order valence-corrected chi connectivity index (χ4v) is 4.06. The molecule has 0 aliphatic carbocycles. The number of amides is 1. The van der Waals surface area contributed by atoms with Gasteiger partial charge in [0.15, 0.2) is 11.1 Å². The summed E-state index contributed by atoms with van der Waals surface area (Å²) in [6.07, 6.45) is 1.98. The normalized spacial score (nSPS) is 17.7. The zero-order chi connectivity index (χ0) is 19.1. The third kappa shape index (κ3) is 3.83. The van der Waals surface area contributed by atoms with Gasteiger partial charge in [-0.05, 0) is 37.0 Å². The molecule has 1 N–H and O–H groups in total. The second kappa shape index (κ2) is 7.12. The number of carbonyl (C=O) groups is 1. The molecule has 1 amide bonds. The van der Waals surface area contributed by atoms with Crippen LogP contribution >= 0.6 is 0 Å². The van der Waals surface area contributed by atoms with Gasteiger partial charge < -0.3 is 14.0 Å². The number of piperidine rings is 1. The number of rotatable bonds is 3. The number of fused-ring (bicyclic) bond motifs is 1. The first kappa shape index (κ1) is 19.0. The lowest BCUT2D eigenvalue weighted by molar-refractivity contribution is -0.130. The molecule has 2 aromatic rings. The molecule has 1 atom stereocenters. The van der Waals surface area contributed by atoms with E-state index in [0.29, 0.717) is 10.8 Å². The first-order valence-corrected chi connectivity index (χ1v) is 10.1. The molecule has 142 valence electrons. The predicted molar refractivity (Wildman–Crippen MR) is 102 cm³/mol. The number of aromatic nitrogens is 2. The fourth-order valence-electron chi connectivity index (χ4n) is 3.66. The largest absolute Gasteiger partial charge is 0.343 e. The van der Waals surface area contributed by atoms with E-state index in [1.54, 1.807) is 19.1 Å². The molecule has 0 spiro atoms. The van der Waals surface area contributed by atoms with Crippen LogP contribution in [-0.4, -0.2) is 42.2 Å². The summed E-state index contributed by atoms with van der Waals surface area (Å²) in [6.45, 7) is 10.5. The summed E-state index contributed by atoms with van der Waals surface area (Å²) in [5.41, 5.74) is 1.63. The van der Waals surface area contributed by atoms with Gasteiger partial charge in [0.2, 0.25) is 5.91 Å². The summed E-state index contributed by atoms with van der Waals surface area (Å²) >= 11 is -2.00. The number of likely N-dealkylation sites (tertiary alicyclic amines) is 1. The fraction of sp³-hybridized carbons (Fsp3) is 0.579. The zero-order valence-electron chi connectivity index (χ0n) is 15.9. The van der Waals surface area contributed by atoms with E-state index >= 15 is 0 Å². The highest BCUT2D eigenvalue weighted by molar-refractivity contribution is 7.79. The lowest BCUT2D eigenvalue weighted by atomic mass is 9.93. The van der Waals surface area contributed by atoms with Crippen LogP contribution in [0.1, 0.15) is 46.4 Å². The molecular formula is C19H27N3O3S. The van der Waals surface area contributed by atoms with Gasteiger partial charge in [-0.15, -0.1) is 0 Å². The van der Waals surface area contributed by atoms with Crippen molar-refractivity contribution in [3.63, 3.8) is 0 Å². The summed E-state index contributed by atoms with van der Waals surface area (Å²) in [7, 11) is 0. The van der Waals surface area contributed by atoms with Crippen molar-refractivity contribution in [2.75, 3.05) is 13.1 Å². The zero-order valence-corrected chi connectivity index (χ0v) is 16.7. The molecule has 6 nitrogen and oxygen atoms in total. The molecule has 1 aromatic carbocycles. The van der Waals surface area contributed by atoms with Gasteiger partial charge in [-0.25, -0.2) is 9.19 Å². The van der Waals surface area contributed by atoms with E-state index < -0.39 is 11.1 Å². The summed E-state index contributed by atoms with van der Waals surface area (Å²) in [4.78, 5) is 18.6. The Kier molecular flexibility index (Phi) is 5.21. The van der Waals surface area contributed by atoms with Crippen molar-refractivity contribution in [1.29, 1.82) is 0 Å². The molecule has 2 heterocycles. The molecule has 3 rings (SSSR count). The van der Waals surface area contributed by atoms with Crippen molar-refractivity contribution in [2.24, 2.45) is 5.92 Å². The average molecular weight is 378 g/mol. The van der Waals surface area contributed by atoms with Crippen LogP contribution in [-0.2, 0) is 27.8 Å². The lowest BCUT2D eigenvalue weighted by Gasteiger charge is -2.32. The predicted octanol–water partition coefficient (Wildman–Crippen LogP) is 3.17. The molecule has 0 bridgehead atoms. The molecule has 1 aliphatic heterocycles. The Hall–Kier alpha value is -1.73. The maximum atomic E-state index is 11.5. The molecule has 0 radical (unpaired) electrons. The van der Waals surface area contributed by atoms with Crippen molar-refractivity contribution >= 4 is 28.0 Å². The van der Waals surface area contributed by atoms with Gasteiger partial charge in [-0.2, -0.15) is 0 Å². The van der Waals surface area contributed by atoms with Crippen LogP contribution in [0.15, 0.2) is 23.1 Å². The summed E-state index contributed by atoms with van der Waals surface area (Å²) in [5.74, 6) is 1.63. The van der Waals surface area contributed by atoms with Crippen LogP contribution in [0.3, 0.4) is 0 Å². The minimum absolute atomic E-state index is 0.127. The smallest absolute Gasteiger partial charge is 0.219 e. The summed E-state index contributed by atoms with van der Waals surface area (Å²) < 4.78 is 23.0. The minimum atomic E-state index is -2.00. The molecule has 7 heteroatoms. The highest BCUT2D eigenvalue weighted by Gasteiger charge is 2.27. The van der Waals surface area contributed by atoms with E-state index in [1.807, 2.05) is 11.0 Å². The number of carbonyl (C=O) groups excluding carboxylic acids is 1. The molecular weight excluding hydrogens is 350 g/mol. The SMILES string of the molecule is CC(=O)N1CCC(Cn2c(C(C)(C)C)nc3cc(S(=O)O)ccc32)CC1. The minimum Gasteiger partial charge on any atom is -0.343 e. The number of hydrogen-bond acceptors (Lipinski definition) is 3. The van der Waals surface area contributed by atoms with E-state index in [-0.39, 0.29) is 11.3 Å². The van der Waals surface area contributed by atoms with Gasteiger partial charge in [-0.3, -0.25) is 4.79 Å². The monoisotopic (exact) mass is 377 g/mol. The first-order chi connectivity index (χ1) is 12.2. The van der Waals surface area contributed by atoms with Gasteiger partial charge in [0.25, 0.3) is 0 Å². The van der Waals surface area contributed by atoms with E-state index in [1.165, 1.54) is 0 Å². The lowest BCUT2D eigenvalue weighted by Crippen LogP contribution is -2.38. The van der Waals surface area contributed by atoms with Crippen LogP contribution in [0.4, 0.5) is 0 Å². The molecule has 1 saturated heterocycles. The second-order valence-corrected chi connectivity index (χ2v) is 9.11. The number of hydrogen-bond donors (Lipinski definition) is 1.